The molecule has 0 radical (unpaired) electrons. The van der Waals surface area contributed by atoms with E-state index in [2.05, 4.69) is 20.9 Å². The van der Waals surface area contributed by atoms with Crippen LogP contribution in [-0.2, 0) is 0 Å². The molecule has 1 aliphatic carbocycles. The molecule has 2 aromatic rings. The Bertz CT molecular complexity index is 954. The van der Waals surface area contributed by atoms with Crippen LogP contribution in [0.2, 0.25) is 0 Å². The van der Waals surface area contributed by atoms with Crippen molar-refractivity contribution in [3.63, 3.8) is 0 Å². The fraction of sp³-hybridized carbons (Fsp3) is 0.318. The molecule has 0 unspecified atom stereocenters. The van der Waals surface area contributed by atoms with Gasteiger partial charge in [0, 0.05) is 36.2 Å². The van der Waals surface area contributed by atoms with Crippen LogP contribution in [0.1, 0.15) is 41.6 Å². The highest BCUT2D eigenvalue weighted by Gasteiger charge is 2.26. The zero-order chi connectivity index (χ0) is 20.2. The van der Waals surface area contributed by atoms with Crippen molar-refractivity contribution in [1.82, 2.24) is 5.32 Å². The number of nitrogens with zero attached hydrogens (tertiary/aromatic N) is 2. The lowest BCUT2D eigenvalue weighted by Crippen LogP contribution is -2.29. The smallest absolute Gasteiger partial charge is 0.323 e. The van der Waals surface area contributed by atoms with Crippen molar-refractivity contribution in [2.24, 2.45) is 0 Å². The minimum Gasteiger partial charge on any atom is -0.371 e. The van der Waals surface area contributed by atoms with Crippen molar-refractivity contribution < 1.29 is 9.59 Å². The summed E-state index contributed by atoms with van der Waals surface area (Å²) in [6, 6.07) is 14.0. The van der Waals surface area contributed by atoms with Crippen LogP contribution < -0.4 is 20.9 Å². The third-order valence-corrected chi connectivity index (χ3v) is 5.13. The number of nitrogens with one attached hydrogen (secondary N) is 3. The maximum atomic E-state index is 12.8. The van der Waals surface area contributed by atoms with E-state index < -0.39 is 6.03 Å². The summed E-state index contributed by atoms with van der Waals surface area (Å²) in [5, 5.41) is 17.4. The molecular weight excluding hydrogens is 366 g/mol. The normalized spacial score (nSPS) is 15.5. The summed E-state index contributed by atoms with van der Waals surface area (Å²) in [7, 11) is 0. The second-order valence-corrected chi connectivity index (χ2v) is 7.44. The monoisotopic (exact) mass is 389 g/mol. The van der Waals surface area contributed by atoms with E-state index in [1.165, 1.54) is 0 Å². The van der Waals surface area contributed by atoms with E-state index in [9.17, 15) is 9.59 Å². The molecule has 1 aliphatic heterocycles. The highest BCUT2D eigenvalue weighted by molar-refractivity contribution is 6.04. The minimum atomic E-state index is -0.405. The SMILES string of the molecule is N#Cc1ccc(NC(=O)Nc2ccc(N3CCCC3)c(C(=O)NC3CC3)c2)cc1. The zero-order valence-corrected chi connectivity index (χ0v) is 16.1. The van der Waals surface area contributed by atoms with Crippen molar-refractivity contribution in [3.8, 4) is 6.07 Å². The van der Waals surface area contributed by atoms with E-state index in [0.29, 0.717) is 22.5 Å². The highest BCUT2D eigenvalue weighted by Crippen LogP contribution is 2.29. The molecule has 29 heavy (non-hydrogen) atoms. The van der Waals surface area contributed by atoms with Gasteiger partial charge in [0.1, 0.15) is 0 Å². The number of hydrogen-bond donors (Lipinski definition) is 3. The van der Waals surface area contributed by atoms with Gasteiger partial charge in [-0.3, -0.25) is 4.79 Å². The summed E-state index contributed by atoms with van der Waals surface area (Å²) in [6.45, 7) is 1.88. The molecule has 0 aromatic heterocycles. The van der Waals surface area contributed by atoms with E-state index in [0.717, 1.165) is 44.5 Å². The predicted molar refractivity (Wildman–Crippen MR) is 112 cm³/mol. The first kappa shape index (κ1) is 18.8. The lowest BCUT2D eigenvalue weighted by atomic mass is 10.1. The molecule has 2 aliphatic rings. The molecule has 7 nitrogen and oxygen atoms in total. The molecule has 7 heteroatoms. The molecular formula is C22H23N5O2. The topological polar surface area (TPSA) is 97.3 Å². The van der Waals surface area contributed by atoms with Crippen molar-refractivity contribution in [3.05, 3.63) is 53.6 Å². The Morgan fingerprint density at radius 1 is 0.966 bits per heavy atom. The summed E-state index contributed by atoms with van der Waals surface area (Å²) in [5.41, 5.74) is 3.18. The van der Waals surface area contributed by atoms with Gasteiger partial charge < -0.3 is 20.9 Å². The minimum absolute atomic E-state index is 0.0921. The summed E-state index contributed by atoms with van der Waals surface area (Å²) in [5.74, 6) is -0.0921. The quantitative estimate of drug-likeness (QED) is 0.726. The number of rotatable bonds is 5. The number of carbonyl (C=O) groups is 2. The number of urea groups is 1. The molecule has 3 amide bonds. The summed E-state index contributed by atoms with van der Waals surface area (Å²) in [4.78, 5) is 27.3. The lowest BCUT2D eigenvalue weighted by Gasteiger charge is -2.22. The van der Waals surface area contributed by atoms with E-state index >= 15 is 0 Å². The maximum Gasteiger partial charge on any atom is 0.323 e. The Morgan fingerprint density at radius 3 is 2.28 bits per heavy atom. The summed E-state index contributed by atoms with van der Waals surface area (Å²) < 4.78 is 0. The van der Waals surface area contributed by atoms with Gasteiger partial charge in [0.05, 0.1) is 17.2 Å². The van der Waals surface area contributed by atoms with Crippen molar-refractivity contribution >= 4 is 29.0 Å². The first-order valence-electron chi connectivity index (χ1n) is 9.90. The van der Waals surface area contributed by atoms with Crippen molar-refractivity contribution in [2.75, 3.05) is 28.6 Å². The Kier molecular flexibility index (Phi) is 5.34. The zero-order valence-electron chi connectivity index (χ0n) is 16.1. The Morgan fingerprint density at radius 2 is 1.62 bits per heavy atom. The number of nitriles is 1. The van der Waals surface area contributed by atoms with Crippen LogP contribution >= 0.6 is 0 Å². The largest absolute Gasteiger partial charge is 0.371 e. The Balaban J connectivity index is 1.49. The second-order valence-electron chi connectivity index (χ2n) is 7.44. The number of carbonyl (C=O) groups excluding carboxylic acids is 2. The van der Waals surface area contributed by atoms with Crippen molar-refractivity contribution in [1.29, 1.82) is 5.26 Å². The van der Waals surface area contributed by atoms with Gasteiger partial charge >= 0.3 is 6.03 Å². The van der Waals surface area contributed by atoms with Gasteiger partial charge in [-0.15, -0.1) is 0 Å². The third-order valence-electron chi connectivity index (χ3n) is 5.13. The fourth-order valence-electron chi connectivity index (χ4n) is 3.44. The van der Waals surface area contributed by atoms with Gasteiger partial charge in [0.25, 0.3) is 5.91 Å². The molecule has 0 spiro atoms. The Labute approximate surface area is 169 Å². The number of benzene rings is 2. The van der Waals surface area contributed by atoms with E-state index in [1.807, 2.05) is 18.2 Å². The third kappa shape index (κ3) is 4.66. The fourth-order valence-corrected chi connectivity index (χ4v) is 3.44. The van der Waals surface area contributed by atoms with Crippen LogP contribution in [0, 0.1) is 11.3 Å². The molecule has 1 saturated carbocycles. The van der Waals surface area contributed by atoms with Crippen LogP contribution in [0.4, 0.5) is 21.9 Å². The highest BCUT2D eigenvalue weighted by atomic mass is 16.2. The summed E-state index contributed by atoms with van der Waals surface area (Å²) >= 11 is 0. The van der Waals surface area contributed by atoms with E-state index in [1.54, 1.807) is 30.3 Å². The van der Waals surface area contributed by atoms with Gasteiger partial charge in [0.2, 0.25) is 0 Å². The molecule has 0 atom stereocenters. The Hall–Kier alpha value is -3.53. The number of anilines is 3. The van der Waals surface area contributed by atoms with Crippen LogP contribution in [0.3, 0.4) is 0 Å². The summed E-state index contributed by atoms with van der Waals surface area (Å²) in [6.07, 6.45) is 4.29. The predicted octanol–water partition coefficient (Wildman–Crippen LogP) is 3.69. The second kappa shape index (κ2) is 8.23. The molecule has 148 valence electrons. The number of amides is 3. The number of hydrogen-bond acceptors (Lipinski definition) is 4. The lowest BCUT2D eigenvalue weighted by molar-refractivity contribution is 0.0951. The average molecular weight is 389 g/mol. The van der Waals surface area contributed by atoms with Crippen LogP contribution in [0.15, 0.2) is 42.5 Å². The van der Waals surface area contributed by atoms with Crippen LogP contribution in [0.5, 0.6) is 0 Å². The van der Waals surface area contributed by atoms with Crippen LogP contribution in [0.25, 0.3) is 0 Å². The molecule has 1 saturated heterocycles. The first-order valence-corrected chi connectivity index (χ1v) is 9.90. The van der Waals surface area contributed by atoms with Crippen molar-refractivity contribution in [2.45, 2.75) is 31.7 Å². The molecule has 2 aromatic carbocycles. The van der Waals surface area contributed by atoms with E-state index in [4.69, 9.17) is 5.26 Å². The van der Waals surface area contributed by atoms with E-state index in [-0.39, 0.29) is 11.9 Å². The van der Waals surface area contributed by atoms with Gasteiger partial charge in [-0.2, -0.15) is 5.26 Å². The molecule has 2 fully saturated rings. The van der Waals surface area contributed by atoms with Gasteiger partial charge in [0.15, 0.2) is 0 Å². The standard InChI is InChI=1S/C22H23N5O2/c23-14-15-3-5-17(6-4-15)25-22(29)26-18-9-10-20(27-11-1-2-12-27)19(13-18)21(28)24-16-7-8-16/h3-6,9-10,13,16H,1-2,7-8,11-12H2,(H,24,28)(H2,25,26,29). The molecule has 1 heterocycles. The first-order chi connectivity index (χ1) is 14.1. The molecule has 4 rings (SSSR count). The average Bonchev–Trinajstić information content (AvgIpc) is 3.37. The molecule has 3 N–H and O–H groups in total. The van der Waals surface area contributed by atoms with Crippen LogP contribution in [-0.4, -0.2) is 31.1 Å². The maximum absolute atomic E-state index is 12.8. The van der Waals surface area contributed by atoms with Gasteiger partial charge in [-0.05, 0) is 68.1 Å². The van der Waals surface area contributed by atoms with Gasteiger partial charge in [-0.1, -0.05) is 0 Å². The molecule has 0 bridgehead atoms. The van der Waals surface area contributed by atoms with Gasteiger partial charge in [-0.25, -0.2) is 4.79 Å².